The van der Waals surface area contributed by atoms with Crippen LogP contribution >= 0.6 is 38.6 Å². The highest BCUT2D eigenvalue weighted by Gasteiger charge is 2.17. The van der Waals surface area contributed by atoms with Gasteiger partial charge in [0.25, 0.3) is 5.91 Å². The molecule has 0 unspecified atom stereocenters. The topological polar surface area (TPSA) is 42.0 Å². The number of anilines is 1. The number of carbonyl (C=O) groups excluding carboxylic acids is 1. The van der Waals surface area contributed by atoms with Gasteiger partial charge >= 0.3 is 0 Å². The van der Waals surface area contributed by atoms with E-state index in [0.717, 1.165) is 10.6 Å². The number of benzene rings is 1. The number of rotatable bonds is 3. The van der Waals surface area contributed by atoms with Crippen LogP contribution in [0.25, 0.3) is 10.6 Å². The molecule has 0 bridgehead atoms. The first-order valence-corrected chi connectivity index (χ1v) is 8.86. The van der Waals surface area contributed by atoms with Gasteiger partial charge in [0, 0.05) is 15.4 Å². The summed E-state index contributed by atoms with van der Waals surface area (Å²) in [7, 11) is 0. The third-order valence-electron chi connectivity index (χ3n) is 2.95. The molecule has 0 aliphatic rings. The Bertz CT molecular complexity index is 830. The van der Waals surface area contributed by atoms with E-state index in [1.54, 1.807) is 24.3 Å². The quantitative estimate of drug-likeness (QED) is 0.649. The summed E-state index contributed by atoms with van der Waals surface area (Å²) >= 11 is 6.14. The van der Waals surface area contributed by atoms with Gasteiger partial charge in [0.15, 0.2) is 0 Å². The number of aryl methyl sites for hydroxylation is 1. The molecule has 3 aromatic rings. The zero-order valence-corrected chi connectivity index (χ0v) is 14.6. The van der Waals surface area contributed by atoms with Crippen molar-refractivity contribution in [3.8, 4) is 10.6 Å². The summed E-state index contributed by atoms with van der Waals surface area (Å²) in [6.07, 6.45) is 0. The highest BCUT2D eigenvalue weighted by molar-refractivity contribution is 9.10. The average molecular weight is 397 g/mol. The Hall–Kier alpha value is -1.57. The number of nitrogens with one attached hydrogen (secondary N) is 1. The maximum Gasteiger partial charge on any atom is 0.267 e. The molecule has 0 radical (unpaired) electrons. The molecule has 1 aromatic carbocycles. The molecule has 0 fully saturated rings. The second-order valence-corrected chi connectivity index (χ2v) is 7.22. The fraction of sp³-hybridized carbons (Fsp3) is 0.0667. The molecular formula is C15H10BrFN2OS2. The third kappa shape index (κ3) is 3.11. The second-order valence-electron chi connectivity index (χ2n) is 4.52. The lowest BCUT2D eigenvalue weighted by atomic mass is 10.3. The number of carbonyl (C=O) groups is 1. The molecule has 0 aliphatic heterocycles. The Morgan fingerprint density at radius 3 is 2.91 bits per heavy atom. The van der Waals surface area contributed by atoms with Crippen LogP contribution in [0.4, 0.5) is 10.1 Å². The number of amides is 1. The van der Waals surface area contributed by atoms with Gasteiger partial charge in [-0.1, -0.05) is 15.9 Å². The average Bonchev–Trinajstić information content (AvgIpc) is 3.11. The van der Waals surface area contributed by atoms with E-state index in [-0.39, 0.29) is 11.6 Å². The molecule has 1 amide bonds. The van der Waals surface area contributed by atoms with E-state index in [0.29, 0.717) is 15.0 Å². The normalized spacial score (nSPS) is 10.7. The molecule has 112 valence electrons. The first kappa shape index (κ1) is 15.3. The molecule has 2 heterocycles. The van der Waals surface area contributed by atoms with Crippen LogP contribution in [-0.4, -0.2) is 10.9 Å². The van der Waals surface area contributed by atoms with Crippen LogP contribution in [0, 0.1) is 12.7 Å². The van der Waals surface area contributed by atoms with Gasteiger partial charge in [-0.25, -0.2) is 9.37 Å². The van der Waals surface area contributed by atoms with Crippen LogP contribution in [-0.2, 0) is 0 Å². The zero-order chi connectivity index (χ0) is 15.7. The Balaban J connectivity index is 1.88. The molecule has 0 spiro atoms. The molecule has 0 saturated carbocycles. The van der Waals surface area contributed by atoms with E-state index >= 15 is 0 Å². The van der Waals surface area contributed by atoms with Crippen molar-refractivity contribution in [2.24, 2.45) is 0 Å². The maximum absolute atomic E-state index is 13.7. The summed E-state index contributed by atoms with van der Waals surface area (Å²) in [6.45, 7) is 1.78. The van der Waals surface area contributed by atoms with Crippen LogP contribution in [0.3, 0.4) is 0 Å². The fourth-order valence-electron chi connectivity index (χ4n) is 1.89. The van der Waals surface area contributed by atoms with Crippen molar-refractivity contribution in [1.29, 1.82) is 0 Å². The monoisotopic (exact) mass is 396 g/mol. The third-order valence-corrected chi connectivity index (χ3v) is 5.33. The zero-order valence-electron chi connectivity index (χ0n) is 11.4. The summed E-state index contributed by atoms with van der Waals surface area (Å²) in [5.74, 6) is -0.828. The lowest BCUT2D eigenvalue weighted by Gasteiger charge is -2.05. The first-order chi connectivity index (χ1) is 10.5. The Kier molecular flexibility index (Phi) is 4.37. The molecule has 2 aromatic heterocycles. The fourth-order valence-corrected chi connectivity index (χ4v) is 3.92. The molecular weight excluding hydrogens is 387 g/mol. The number of hydrogen-bond acceptors (Lipinski definition) is 4. The molecule has 0 atom stereocenters. The first-order valence-electron chi connectivity index (χ1n) is 6.31. The summed E-state index contributed by atoms with van der Waals surface area (Å²) in [5.41, 5.74) is 1.77. The molecule has 0 saturated heterocycles. The van der Waals surface area contributed by atoms with Gasteiger partial charge in [0.2, 0.25) is 0 Å². The molecule has 0 aliphatic carbocycles. The van der Waals surface area contributed by atoms with Gasteiger partial charge in [-0.3, -0.25) is 4.79 Å². The van der Waals surface area contributed by atoms with Crippen molar-refractivity contribution in [3.63, 3.8) is 0 Å². The summed E-state index contributed by atoms with van der Waals surface area (Å²) in [6, 6.07) is 6.37. The van der Waals surface area contributed by atoms with E-state index in [4.69, 9.17) is 0 Å². The largest absolute Gasteiger partial charge is 0.319 e. The van der Waals surface area contributed by atoms with E-state index in [9.17, 15) is 9.18 Å². The molecule has 3 nitrogen and oxygen atoms in total. The van der Waals surface area contributed by atoms with Crippen molar-refractivity contribution >= 4 is 50.2 Å². The van der Waals surface area contributed by atoms with Crippen LogP contribution < -0.4 is 5.32 Å². The highest BCUT2D eigenvalue weighted by atomic mass is 79.9. The van der Waals surface area contributed by atoms with Crippen molar-refractivity contribution in [2.45, 2.75) is 6.92 Å². The predicted octanol–water partition coefficient (Wildman–Crippen LogP) is 5.33. The van der Waals surface area contributed by atoms with E-state index in [2.05, 4.69) is 26.2 Å². The Morgan fingerprint density at radius 2 is 2.18 bits per heavy atom. The van der Waals surface area contributed by atoms with Crippen LogP contribution in [0.5, 0.6) is 0 Å². The van der Waals surface area contributed by atoms with Crippen molar-refractivity contribution < 1.29 is 9.18 Å². The molecule has 3 rings (SSSR count). The number of hydrogen-bond donors (Lipinski definition) is 1. The van der Waals surface area contributed by atoms with Crippen LogP contribution in [0.15, 0.2) is 39.5 Å². The minimum absolute atomic E-state index is 0.143. The molecule has 7 heteroatoms. The van der Waals surface area contributed by atoms with Crippen molar-refractivity contribution in [2.75, 3.05) is 5.32 Å². The minimum Gasteiger partial charge on any atom is -0.319 e. The second kappa shape index (κ2) is 6.28. The number of aromatic nitrogens is 1. The van der Waals surface area contributed by atoms with Crippen LogP contribution in [0.2, 0.25) is 0 Å². The lowest BCUT2D eigenvalue weighted by molar-refractivity contribution is 0.102. The van der Waals surface area contributed by atoms with Gasteiger partial charge in [-0.2, -0.15) is 11.3 Å². The predicted molar refractivity (Wildman–Crippen MR) is 92.2 cm³/mol. The summed E-state index contributed by atoms with van der Waals surface area (Å²) < 4.78 is 14.4. The molecule has 22 heavy (non-hydrogen) atoms. The number of nitrogens with zero attached hydrogens (tertiary/aromatic N) is 1. The van der Waals surface area contributed by atoms with Crippen molar-refractivity contribution in [1.82, 2.24) is 4.98 Å². The number of thiophene rings is 1. The van der Waals surface area contributed by atoms with Gasteiger partial charge in [-0.05, 0) is 36.6 Å². The SMILES string of the molecule is Cc1nc(-c2ccsc2)sc1C(=O)Nc1cc(Br)ccc1F. The molecule has 1 N–H and O–H groups in total. The van der Waals surface area contributed by atoms with E-state index in [1.807, 2.05) is 16.8 Å². The standard InChI is InChI=1S/C15H10BrFN2OS2/c1-8-13(22-15(18-8)9-4-5-21-7-9)14(20)19-12-6-10(16)2-3-11(12)17/h2-7H,1H3,(H,19,20). The number of halogens is 2. The van der Waals surface area contributed by atoms with Crippen molar-refractivity contribution in [3.05, 3.63) is 55.9 Å². The summed E-state index contributed by atoms with van der Waals surface area (Å²) in [4.78, 5) is 17.3. The Labute approximate surface area is 143 Å². The smallest absolute Gasteiger partial charge is 0.267 e. The highest BCUT2D eigenvalue weighted by Crippen LogP contribution is 2.30. The van der Waals surface area contributed by atoms with Gasteiger partial charge in [0.05, 0.1) is 11.4 Å². The van der Waals surface area contributed by atoms with Gasteiger partial charge < -0.3 is 5.32 Å². The number of thiazole rings is 1. The lowest BCUT2D eigenvalue weighted by Crippen LogP contribution is -2.12. The van der Waals surface area contributed by atoms with E-state index in [1.165, 1.54) is 23.5 Å². The van der Waals surface area contributed by atoms with Gasteiger partial charge in [-0.15, -0.1) is 11.3 Å². The van der Waals surface area contributed by atoms with E-state index < -0.39 is 5.82 Å². The summed E-state index contributed by atoms with van der Waals surface area (Å²) in [5, 5.41) is 7.33. The minimum atomic E-state index is -0.475. The maximum atomic E-state index is 13.7. The Morgan fingerprint density at radius 1 is 1.36 bits per heavy atom. The van der Waals surface area contributed by atoms with Gasteiger partial charge in [0.1, 0.15) is 15.7 Å². The van der Waals surface area contributed by atoms with Crippen LogP contribution in [0.1, 0.15) is 15.4 Å².